The van der Waals surface area contributed by atoms with Crippen LogP contribution in [0, 0.1) is 5.92 Å². The lowest BCUT2D eigenvalue weighted by Gasteiger charge is -2.47. The molecule has 0 amide bonds. The third kappa shape index (κ3) is 0.565. The summed E-state index contributed by atoms with van der Waals surface area (Å²) >= 11 is 0. The molecule has 1 heterocycles. The van der Waals surface area contributed by atoms with Crippen LogP contribution in [0.5, 0.6) is 0 Å². The Morgan fingerprint density at radius 2 is 2.40 bits per heavy atom. The molecule has 1 N–H and O–H groups in total. The van der Waals surface area contributed by atoms with Crippen molar-refractivity contribution < 1.29 is 5.11 Å². The standard InChI is InChI=1S/C8H15NO/c1-9-5-3-7-2-4-8(7,9)6-10/h7,10H,2-6H2,1H3. The Kier molecular flexibility index (Phi) is 1.29. The molecule has 0 aromatic heterocycles. The van der Waals surface area contributed by atoms with Gasteiger partial charge >= 0.3 is 0 Å². The first-order chi connectivity index (χ1) is 4.79. The minimum absolute atomic E-state index is 0.222. The van der Waals surface area contributed by atoms with E-state index in [1.165, 1.54) is 25.8 Å². The molecule has 2 atom stereocenters. The van der Waals surface area contributed by atoms with Crippen molar-refractivity contribution in [2.24, 2.45) is 5.92 Å². The van der Waals surface area contributed by atoms with Gasteiger partial charge < -0.3 is 5.11 Å². The average Bonchev–Trinajstić information content (AvgIpc) is 2.06. The van der Waals surface area contributed by atoms with E-state index in [0.29, 0.717) is 6.61 Å². The highest BCUT2D eigenvalue weighted by Crippen LogP contribution is 2.48. The van der Waals surface area contributed by atoms with E-state index in [9.17, 15) is 5.11 Å². The van der Waals surface area contributed by atoms with Gasteiger partial charge in [-0.15, -0.1) is 0 Å². The minimum Gasteiger partial charge on any atom is -0.394 e. The normalized spacial score (nSPS) is 46.8. The first kappa shape index (κ1) is 6.62. The van der Waals surface area contributed by atoms with Gasteiger partial charge in [0.1, 0.15) is 0 Å². The van der Waals surface area contributed by atoms with Crippen LogP contribution >= 0.6 is 0 Å². The maximum atomic E-state index is 9.18. The van der Waals surface area contributed by atoms with Crippen molar-refractivity contribution in [3.63, 3.8) is 0 Å². The molecule has 10 heavy (non-hydrogen) atoms. The van der Waals surface area contributed by atoms with Crippen molar-refractivity contribution in [3.8, 4) is 0 Å². The number of nitrogens with zero attached hydrogens (tertiary/aromatic N) is 1. The molecule has 0 bridgehead atoms. The molecule has 0 aromatic carbocycles. The van der Waals surface area contributed by atoms with Crippen molar-refractivity contribution >= 4 is 0 Å². The van der Waals surface area contributed by atoms with Crippen LogP contribution in [0.1, 0.15) is 19.3 Å². The van der Waals surface area contributed by atoms with Crippen molar-refractivity contribution in [3.05, 3.63) is 0 Å². The van der Waals surface area contributed by atoms with Crippen LogP contribution in [-0.4, -0.2) is 35.7 Å². The zero-order chi connectivity index (χ0) is 7.19. The molecule has 1 aliphatic heterocycles. The van der Waals surface area contributed by atoms with Crippen molar-refractivity contribution in [2.45, 2.75) is 24.8 Å². The summed E-state index contributed by atoms with van der Waals surface area (Å²) in [4.78, 5) is 2.33. The Morgan fingerprint density at radius 1 is 1.60 bits per heavy atom. The quantitative estimate of drug-likeness (QED) is 0.573. The van der Waals surface area contributed by atoms with E-state index >= 15 is 0 Å². The third-order valence-electron chi connectivity index (χ3n) is 3.53. The Labute approximate surface area is 61.8 Å². The summed E-state index contributed by atoms with van der Waals surface area (Å²) in [5.41, 5.74) is 0.222. The fourth-order valence-corrected chi connectivity index (χ4v) is 2.50. The summed E-state index contributed by atoms with van der Waals surface area (Å²) < 4.78 is 0. The SMILES string of the molecule is CN1CCC2CCC21CO. The number of hydrogen-bond acceptors (Lipinski definition) is 2. The number of likely N-dealkylation sites (tertiary alicyclic amines) is 1. The van der Waals surface area contributed by atoms with Gasteiger partial charge in [0.15, 0.2) is 0 Å². The topological polar surface area (TPSA) is 23.5 Å². The van der Waals surface area contributed by atoms with Crippen LogP contribution in [0.15, 0.2) is 0 Å². The Bertz CT molecular complexity index is 136. The Balaban J connectivity index is 2.17. The second kappa shape index (κ2) is 1.95. The van der Waals surface area contributed by atoms with Crippen LogP contribution < -0.4 is 0 Å². The Hall–Kier alpha value is -0.0800. The van der Waals surface area contributed by atoms with Crippen LogP contribution in [0.3, 0.4) is 0 Å². The summed E-state index contributed by atoms with van der Waals surface area (Å²) in [6.45, 7) is 1.55. The highest BCUT2D eigenvalue weighted by atomic mass is 16.3. The molecule has 1 aliphatic carbocycles. The minimum atomic E-state index is 0.222. The number of fused-ring (bicyclic) bond motifs is 1. The molecule has 2 nitrogen and oxygen atoms in total. The van der Waals surface area contributed by atoms with Gasteiger partial charge in [-0.1, -0.05) is 0 Å². The van der Waals surface area contributed by atoms with Gasteiger partial charge in [0, 0.05) is 5.54 Å². The molecule has 2 aliphatic rings. The van der Waals surface area contributed by atoms with Crippen LogP contribution in [0.2, 0.25) is 0 Å². The van der Waals surface area contributed by atoms with Gasteiger partial charge in [-0.05, 0) is 38.8 Å². The lowest BCUT2D eigenvalue weighted by atomic mass is 9.68. The molecular weight excluding hydrogens is 126 g/mol. The molecule has 0 aromatic rings. The first-order valence-electron chi connectivity index (χ1n) is 4.12. The van der Waals surface area contributed by atoms with Crippen molar-refractivity contribution in [1.82, 2.24) is 4.90 Å². The fourth-order valence-electron chi connectivity index (χ4n) is 2.50. The van der Waals surface area contributed by atoms with Gasteiger partial charge in [0.05, 0.1) is 6.61 Å². The lowest BCUT2D eigenvalue weighted by molar-refractivity contribution is -0.0159. The van der Waals surface area contributed by atoms with E-state index in [2.05, 4.69) is 11.9 Å². The largest absolute Gasteiger partial charge is 0.394 e. The highest BCUT2D eigenvalue weighted by Gasteiger charge is 2.52. The maximum absolute atomic E-state index is 9.18. The van der Waals surface area contributed by atoms with Gasteiger partial charge in [-0.3, -0.25) is 4.90 Å². The number of aliphatic hydroxyl groups excluding tert-OH is 1. The van der Waals surface area contributed by atoms with E-state index in [-0.39, 0.29) is 5.54 Å². The van der Waals surface area contributed by atoms with Crippen molar-refractivity contribution in [2.75, 3.05) is 20.2 Å². The number of aliphatic hydroxyl groups is 1. The first-order valence-corrected chi connectivity index (χ1v) is 4.12. The Morgan fingerprint density at radius 3 is 2.70 bits per heavy atom. The summed E-state index contributed by atoms with van der Waals surface area (Å²) in [6, 6.07) is 0. The predicted octanol–water partition coefficient (Wildman–Crippen LogP) is 0.463. The molecule has 2 heteroatoms. The molecule has 2 fully saturated rings. The summed E-state index contributed by atoms with van der Waals surface area (Å²) in [7, 11) is 2.13. The molecule has 1 saturated carbocycles. The zero-order valence-corrected chi connectivity index (χ0v) is 6.51. The zero-order valence-electron chi connectivity index (χ0n) is 6.51. The second-order valence-electron chi connectivity index (χ2n) is 3.71. The van der Waals surface area contributed by atoms with E-state index in [1.807, 2.05) is 0 Å². The van der Waals surface area contributed by atoms with Gasteiger partial charge in [-0.25, -0.2) is 0 Å². The second-order valence-corrected chi connectivity index (χ2v) is 3.71. The molecular formula is C8H15NO. The average molecular weight is 141 g/mol. The third-order valence-corrected chi connectivity index (χ3v) is 3.53. The van der Waals surface area contributed by atoms with Crippen LogP contribution in [0.25, 0.3) is 0 Å². The fraction of sp³-hybridized carbons (Fsp3) is 1.00. The molecule has 2 unspecified atom stereocenters. The molecule has 0 spiro atoms. The molecule has 2 rings (SSSR count). The van der Waals surface area contributed by atoms with Gasteiger partial charge in [0.2, 0.25) is 0 Å². The van der Waals surface area contributed by atoms with Gasteiger partial charge in [-0.2, -0.15) is 0 Å². The smallest absolute Gasteiger partial charge is 0.0618 e. The number of rotatable bonds is 1. The van der Waals surface area contributed by atoms with Crippen molar-refractivity contribution in [1.29, 1.82) is 0 Å². The maximum Gasteiger partial charge on any atom is 0.0618 e. The molecule has 0 radical (unpaired) electrons. The summed E-state index contributed by atoms with van der Waals surface area (Å²) in [5.74, 6) is 0.808. The van der Waals surface area contributed by atoms with E-state index in [0.717, 1.165) is 5.92 Å². The van der Waals surface area contributed by atoms with Crippen LogP contribution in [0.4, 0.5) is 0 Å². The lowest BCUT2D eigenvalue weighted by Crippen LogP contribution is -2.55. The summed E-state index contributed by atoms with van der Waals surface area (Å²) in [5, 5.41) is 9.18. The van der Waals surface area contributed by atoms with Crippen LogP contribution in [-0.2, 0) is 0 Å². The monoisotopic (exact) mass is 141 g/mol. The number of likely N-dealkylation sites (N-methyl/N-ethyl adjacent to an activating group) is 1. The molecule has 58 valence electrons. The predicted molar refractivity (Wildman–Crippen MR) is 39.8 cm³/mol. The van der Waals surface area contributed by atoms with E-state index in [1.54, 1.807) is 0 Å². The number of hydrogen-bond donors (Lipinski definition) is 1. The summed E-state index contributed by atoms with van der Waals surface area (Å²) in [6.07, 6.45) is 3.85. The van der Waals surface area contributed by atoms with E-state index in [4.69, 9.17) is 0 Å². The van der Waals surface area contributed by atoms with Gasteiger partial charge in [0.25, 0.3) is 0 Å². The molecule has 1 saturated heterocycles. The van der Waals surface area contributed by atoms with E-state index < -0.39 is 0 Å². The highest BCUT2D eigenvalue weighted by molar-refractivity contribution is 5.07.